The summed E-state index contributed by atoms with van der Waals surface area (Å²) >= 11 is 0. The number of hydrogen-bond donors (Lipinski definition) is 0. The van der Waals surface area contributed by atoms with Crippen LogP contribution in [-0.2, 0) is 6.42 Å². The van der Waals surface area contributed by atoms with E-state index in [9.17, 15) is 0 Å². The van der Waals surface area contributed by atoms with Gasteiger partial charge in [-0.15, -0.1) is 0 Å². The first-order valence-electron chi connectivity index (χ1n) is 7.91. The molecule has 0 aromatic carbocycles. The van der Waals surface area contributed by atoms with Crippen LogP contribution in [0.15, 0.2) is 24.5 Å². The van der Waals surface area contributed by atoms with Gasteiger partial charge in [0.05, 0.1) is 12.8 Å². The fourth-order valence-corrected chi connectivity index (χ4v) is 3.21. The van der Waals surface area contributed by atoms with E-state index < -0.39 is 0 Å². The smallest absolute Gasteiger partial charge is 0.140 e. The van der Waals surface area contributed by atoms with Crippen LogP contribution in [0.25, 0.3) is 5.65 Å². The maximum absolute atomic E-state index is 5.26. The molecule has 0 spiro atoms. The maximum Gasteiger partial charge on any atom is 0.140 e. The summed E-state index contributed by atoms with van der Waals surface area (Å²) in [6, 6.07) is 4.64. The largest absolute Gasteiger partial charge is 0.497 e. The lowest BCUT2D eigenvalue weighted by molar-refractivity contribution is 0.149. The van der Waals surface area contributed by atoms with E-state index in [4.69, 9.17) is 9.72 Å². The van der Waals surface area contributed by atoms with Crippen LogP contribution in [0, 0.1) is 5.92 Å². The molecule has 0 unspecified atom stereocenters. The number of aromatic nitrogens is 2. The number of fused-ring (bicyclic) bond motifs is 1. The Labute approximate surface area is 126 Å². The summed E-state index contributed by atoms with van der Waals surface area (Å²) in [5, 5.41) is 0. The number of piperidine rings is 1. The molecule has 0 bridgehead atoms. The molecule has 114 valence electrons. The number of pyridine rings is 1. The van der Waals surface area contributed by atoms with Crippen molar-refractivity contribution in [2.75, 3.05) is 20.2 Å². The molecule has 0 amide bonds. The predicted octanol–water partition coefficient (Wildman–Crippen LogP) is 3.01. The van der Waals surface area contributed by atoms with Gasteiger partial charge in [0.25, 0.3) is 0 Å². The Kier molecular flexibility index (Phi) is 4.15. The molecule has 1 saturated heterocycles. The lowest BCUT2D eigenvalue weighted by Crippen LogP contribution is -2.38. The van der Waals surface area contributed by atoms with Crippen LogP contribution >= 0.6 is 0 Å². The standard InChI is InChI=1S/C17H25N3O/c1-13(2)19-7-4-14(5-8-19)10-15-12-20-9-6-16(21-3)11-17(20)18-15/h6,9,11-14H,4-5,7-8,10H2,1-3H3. The van der Waals surface area contributed by atoms with Crippen LogP contribution in [0.3, 0.4) is 0 Å². The van der Waals surface area contributed by atoms with Gasteiger partial charge in [0.2, 0.25) is 0 Å². The van der Waals surface area contributed by atoms with E-state index in [2.05, 4.69) is 29.3 Å². The Morgan fingerprint density at radius 3 is 2.76 bits per heavy atom. The molecule has 3 rings (SSSR count). The Balaban J connectivity index is 1.65. The summed E-state index contributed by atoms with van der Waals surface area (Å²) in [5.41, 5.74) is 2.18. The third-order valence-corrected chi connectivity index (χ3v) is 4.59. The van der Waals surface area contributed by atoms with Crippen molar-refractivity contribution >= 4 is 5.65 Å². The first-order valence-corrected chi connectivity index (χ1v) is 7.91. The van der Waals surface area contributed by atoms with Crippen molar-refractivity contribution in [1.29, 1.82) is 0 Å². The minimum Gasteiger partial charge on any atom is -0.497 e. The zero-order chi connectivity index (χ0) is 14.8. The van der Waals surface area contributed by atoms with Crippen LogP contribution in [0.2, 0.25) is 0 Å². The summed E-state index contributed by atoms with van der Waals surface area (Å²) in [6.07, 6.45) is 7.84. The second-order valence-electron chi connectivity index (χ2n) is 6.34. The van der Waals surface area contributed by atoms with Crippen molar-refractivity contribution in [1.82, 2.24) is 14.3 Å². The molecule has 2 aromatic heterocycles. The van der Waals surface area contributed by atoms with E-state index >= 15 is 0 Å². The van der Waals surface area contributed by atoms with Crippen molar-refractivity contribution in [3.8, 4) is 5.75 Å². The van der Waals surface area contributed by atoms with Crippen LogP contribution in [-0.4, -0.2) is 40.5 Å². The predicted molar refractivity (Wildman–Crippen MR) is 84.9 cm³/mol. The van der Waals surface area contributed by atoms with Crippen LogP contribution < -0.4 is 4.74 Å². The molecular weight excluding hydrogens is 262 g/mol. The third-order valence-electron chi connectivity index (χ3n) is 4.59. The highest BCUT2D eigenvalue weighted by molar-refractivity contribution is 5.45. The number of rotatable bonds is 4. The third kappa shape index (κ3) is 3.21. The van der Waals surface area contributed by atoms with Crippen LogP contribution in [0.5, 0.6) is 5.75 Å². The van der Waals surface area contributed by atoms with Crippen molar-refractivity contribution in [3.05, 3.63) is 30.2 Å². The zero-order valence-corrected chi connectivity index (χ0v) is 13.2. The highest BCUT2D eigenvalue weighted by Gasteiger charge is 2.21. The highest BCUT2D eigenvalue weighted by atomic mass is 16.5. The normalized spacial score (nSPS) is 17.7. The van der Waals surface area contributed by atoms with Gasteiger partial charge in [-0.05, 0) is 58.2 Å². The van der Waals surface area contributed by atoms with E-state index in [-0.39, 0.29) is 0 Å². The lowest BCUT2D eigenvalue weighted by Gasteiger charge is -2.34. The Bertz CT molecular complexity index is 597. The van der Waals surface area contributed by atoms with Crippen molar-refractivity contribution in [2.45, 2.75) is 39.2 Å². The van der Waals surface area contributed by atoms with Crippen LogP contribution in [0.4, 0.5) is 0 Å². The van der Waals surface area contributed by atoms with Gasteiger partial charge in [0, 0.05) is 24.5 Å². The van der Waals surface area contributed by atoms with Crippen molar-refractivity contribution in [2.24, 2.45) is 5.92 Å². The van der Waals surface area contributed by atoms with Gasteiger partial charge in [-0.25, -0.2) is 4.98 Å². The van der Waals surface area contributed by atoms with E-state index in [0.29, 0.717) is 6.04 Å². The number of nitrogens with zero attached hydrogens (tertiary/aromatic N) is 3. The Morgan fingerprint density at radius 1 is 1.33 bits per heavy atom. The fraction of sp³-hybridized carbons (Fsp3) is 0.588. The van der Waals surface area contributed by atoms with Crippen molar-refractivity contribution < 1.29 is 4.74 Å². The molecule has 0 aliphatic carbocycles. The second kappa shape index (κ2) is 6.06. The molecule has 0 radical (unpaired) electrons. The quantitative estimate of drug-likeness (QED) is 0.866. The van der Waals surface area contributed by atoms with E-state index in [1.165, 1.54) is 31.6 Å². The summed E-state index contributed by atoms with van der Waals surface area (Å²) in [5.74, 6) is 1.64. The van der Waals surface area contributed by atoms with Gasteiger partial charge in [-0.1, -0.05) is 0 Å². The SMILES string of the molecule is COc1ccn2cc(CC3CCN(C(C)C)CC3)nc2c1. The number of likely N-dealkylation sites (tertiary alicyclic amines) is 1. The van der Waals surface area contributed by atoms with Gasteiger partial charge < -0.3 is 14.0 Å². The molecule has 4 nitrogen and oxygen atoms in total. The topological polar surface area (TPSA) is 29.8 Å². The molecule has 1 aliphatic heterocycles. The lowest BCUT2D eigenvalue weighted by atomic mass is 9.92. The molecule has 21 heavy (non-hydrogen) atoms. The molecule has 0 saturated carbocycles. The summed E-state index contributed by atoms with van der Waals surface area (Å²) in [6.45, 7) is 7.03. The van der Waals surface area contributed by atoms with Gasteiger partial charge in [-0.2, -0.15) is 0 Å². The number of imidazole rings is 1. The molecular formula is C17H25N3O. The summed E-state index contributed by atoms with van der Waals surface area (Å²) in [4.78, 5) is 7.31. The molecule has 4 heteroatoms. The van der Waals surface area contributed by atoms with Crippen LogP contribution in [0.1, 0.15) is 32.4 Å². The Hall–Kier alpha value is -1.55. The highest BCUT2D eigenvalue weighted by Crippen LogP contribution is 2.23. The monoisotopic (exact) mass is 287 g/mol. The van der Waals surface area contributed by atoms with Gasteiger partial charge >= 0.3 is 0 Å². The second-order valence-corrected chi connectivity index (χ2v) is 6.34. The molecule has 0 atom stereocenters. The van der Waals surface area contributed by atoms with Gasteiger partial charge in [0.1, 0.15) is 11.4 Å². The molecule has 3 heterocycles. The number of ether oxygens (including phenoxy) is 1. The fourth-order valence-electron chi connectivity index (χ4n) is 3.21. The first-order chi connectivity index (χ1) is 10.2. The Morgan fingerprint density at radius 2 is 2.10 bits per heavy atom. The van der Waals surface area contributed by atoms with Gasteiger partial charge in [-0.3, -0.25) is 0 Å². The number of methoxy groups -OCH3 is 1. The van der Waals surface area contributed by atoms with E-state index in [1.807, 2.05) is 18.3 Å². The number of hydrogen-bond acceptors (Lipinski definition) is 3. The molecule has 2 aromatic rings. The molecule has 0 N–H and O–H groups in total. The summed E-state index contributed by atoms with van der Waals surface area (Å²) < 4.78 is 7.34. The van der Waals surface area contributed by atoms with E-state index in [1.54, 1.807) is 7.11 Å². The molecule has 1 aliphatic rings. The first kappa shape index (κ1) is 14.4. The average molecular weight is 287 g/mol. The van der Waals surface area contributed by atoms with Gasteiger partial charge in [0.15, 0.2) is 0 Å². The average Bonchev–Trinajstić information content (AvgIpc) is 2.88. The minimum absolute atomic E-state index is 0.675. The zero-order valence-electron chi connectivity index (χ0n) is 13.2. The molecule has 1 fully saturated rings. The minimum atomic E-state index is 0.675. The summed E-state index contributed by atoms with van der Waals surface area (Å²) in [7, 11) is 1.69. The van der Waals surface area contributed by atoms with Crippen molar-refractivity contribution in [3.63, 3.8) is 0 Å². The maximum atomic E-state index is 5.26. The van der Waals surface area contributed by atoms with E-state index in [0.717, 1.165) is 23.7 Å².